The predicted molar refractivity (Wildman–Crippen MR) is 259 cm³/mol. The molecule has 3 fully saturated rings. The molecule has 6 aromatic rings. The molecule has 0 spiro atoms. The van der Waals surface area contributed by atoms with Crippen molar-refractivity contribution in [2.45, 2.75) is 109 Å². The van der Waals surface area contributed by atoms with E-state index < -0.39 is 30.3 Å². The first-order valence-electron chi connectivity index (χ1n) is 24.2. The van der Waals surface area contributed by atoms with Gasteiger partial charge in [0.1, 0.15) is 29.3 Å². The van der Waals surface area contributed by atoms with Gasteiger partial charge < -0.3 is 44.4 Å². The number of carbonyl (C=O) groups excluding carboxylic acids is 3. The highest BCUT2D eigenvalue weighted by molar-refractivity contribution is 7.12. The van der Waals surface area contributed by atoms with Gasteiger partial charge in [0, 0.05) is 41.0 Å². The van der Waals surface area contributed by atoms with Crippen molar-refractivity contribution in [1.29, 1.82) is 0 Å². The summed E-state index contributed by atoms with van der Waals surface area (Å²) >= 11 is 1.75. The fourth-order valence-corrected chi connectivity index (χ4v) is 11.8. The summed E-state index contributed by atoms with van der Waals surface area (Å²) in [6.45, 7) is 8.68. The van der Waals surface area contributed by atoms with Crippen molar-refractivity contribution in [2.75, 3.05) is 40.4 Å². The van der Waals surface area contributed by atoms with Crippen LogP contribution in [0.1, 0.15) is 105 Å². The van der Waals surface area contributed by atoms with Crippen molar-refractivity contribution in [3.63, 3.8) is 0 Å². The maximum absolute atomic E-state index is 16.9. The van der Waals surface area contributed by atoms with Gasteiger partial charge in [-0.1, -0.05) is 13.0 Å². The molecular weight excluding hydrogens is 902 g/mol. The Balaban J connectivity index is 0.937. The average Bonchev–Trinajstić information content (AvgIpc) is 3.91. The molecule has 18 heteroatoms. The molecule has 3 amide bonds. The van der Waals surface area contributed by atoms with E-state index in [2.05, 4.69) is 48.3 Å². The lowest BCUT2D eigenvalue weighted by molar-refractivity contribution is -0.138. The fourth-order valence-electron chi connectivity index (χ4n) is 10.6. The molecule has 2 aromatic carbocycles. The first kappa shape index (κ1) is 46.5. The third-order valence-electron chi connectivity index (χ3n) is 13.9. The van der Waals surface area contributed by atoms with Crippen LogP contribution in [0.15, 0.2) is 60.9 Å². The van der Waals surface area contributed by atoms with Gasteiger partial charge in [0.05, 0.1) is 84.4 Å². The fraction of sp³-hybridized carbons (Fsp3) is 0.471. The average molecular weight is 962 g/mol. The molecule has 364 valence electrons. The van der Waals surface area contributed by atoms with Crippen LogP contribution in [-0.2, 0) is 25.5 Å². The second kappa shape index (κ2) is 19.6. The van der Waals surface area contributed by atoms with Crippen molar-refractivity contribution in [3.8, 4) is 39.5 Å². The van der Waals surface area contributed by atoms with Gasteiger partial charge in [-0.3, -0.25) is 14.3 Å². The Morgan fingerprint density at radius 3 is 2.48 bits per heavy atom. The van der Waals surface area contributed by atoms with E-state index in [4.69, 9.17) is 28.9 Å². The molecule has 10 rings (SSSR count). The molecule has 5 unspecified atom stereocenters. The Morgan fingerprint density at radius 1 is 0.942 bits per heavy atom. The number of H-pyrrole nitrogens is 2. The van der Waals surface area contributed by atoms with Gasteiger partial charge in [-0.05, 0) is 120 Å². The zero-order valence-electron chi connectivity index (χ0n) is 39.7. The van der Waals surface area contributed by atoms with E-state index >= 15 is 4.39 Å². The van der Waals surface area contributed by atoms with Crippen LogP contribution in [0.5, 0.6) is 5.75 Å². The number of amides is 3. The van der Waals surface area contributed by atoms with Crippen LogP contribution >= 0.6 is 11.3 Å². The number of halogens is 1. The van der Waals surface area contributed by atoms with E-state index in [0.29, 0.717) is 78.9 Å². The van der Waals surface area contributed by atoms with Gasteiger partial charge in [-0.25, -0.2) is 23.9 Å². The Labute approximate surface area is 404 Å². The SMILES string of the molecule is CCCN(Cc1ncc(-c2ccc3c(c2)cc2n3C(c3ccc(C4CC4)s3)Oc3cc(-c4cnc(C5CCCN5CCNC(=O)OC)[nH]4)cc(F)c3-2)[nH]1)C(=O)C(NC(=O)OC)C1CC(C)OC(C)C1. The maximum Gasteiger partial charge on any atom is 0.407 e. The van der Waals surface area contributed by atoms with Gasteiger partial charge in [0.25, 0.3) is 0 Å². The molecule has 3 aliphatic heterocycles. The van der Waals surface area contributed by atoms with Crippen molar-refractivity contribution in [2.24, 2.45) is 5.92 Å². The Hall–Kier alpha value is -6.24. The lowest BCUT2D eigenvalue weighted by atomic mass is 9.85. The molecule has 4 N–H and O–H groups in total. The normalized spacial score (nSPS) is 21.6. The highest BCUT2D eigenvalue weighted by Crippen LogP contribution is 2.50. The van der Waals surface area contributed by atoms with Gasteiger partial charge in [0.15, 0.2) is 0 Å². The first-order chi connectivity index (χ1) is 33.5. The number of rotatable bonds is 15. The molecule has 1 aliphatic carbocycles. The lowest BCUT2D eigenvalue weighted by Gasteiger charge is -2.38. The van der Waals surface area contributed by atoms with Crippen molar-refractivity contribution >= 4 is 40.3 Å². The van der Waals surface area contributed by atoms with Crippen molar-refractivity contribution in [3.05, 3.63) is 88.1 Å². The summed E-state index contributed by atoms with van der Waals surface area (Å²) in [7, 11) is 2.65. The number of thiophene rings is 1. The summed E-state index contributed by atoms with van der Waals surface area (Å²) in [6.07, 6.45) is 8.07. The summed E-state index contributed by atoms with van der Waals surface area (Å²) in [5.41, 5.74) is 4.98. The topological polar surface area (TPSA) is 181 Å². The number of aromatic amines is 2. The van der Waals surface area contributed by atoms with E-state index in [1.165, 1.54) is 31.9 Å². The Bertz CT molecular complexity index is 2840. The minimum atomic E-state index is -0.777. The van der Waals surface area contributed by atoms with Crippen LogP contribution in [0.25, 0.3) is 44.7 Å². The number of benzene rings is 2. The van der Waals surface area contributed by atoms with Crippen LogP contribution in [0.4, 0.5) is 14.0 Å². The highest BCUT2D eigenvalue weighted by Gasteiger charge is 2.39. The van der Waals surface area contributed by atoms with E-state index in [9.17, 15) is 14.4 Å². The number of carbonyl (C=O) groups is 3. The first-order valence-corrected chi connectivity index (χ1v) is 25.0. The summed E-state index contributed by atoms with van der Waals surface area (Å²) in [6, 6.07) is 15.3. The van der Waals surface area contributed by atoms with Crippen LogP contribution in [0, 0.1) is 11.7 Å². The molecular formula is C51H60FN9O7S. The number of imidazole rings is 2. The number of aromatic nitrogens is 5. The van der Waals surface area contributed by atoms with Crippen LogP contribution < -0.4 is 15.4 Å². The molecule has 4 aliphatic rings. The van der Waals surface area contributed by atoms with Crippen molar-refractivity contribution in [1.82, 2.24) is 44.9 Å². The third kappa shape index (κ3) is 9.58. The molecule has 7 heterocycles. The third-order valence-corrected chi connectivity index (χ3v) is 15.2. The van der Waals surface area contributed by atoms with E-state index in [0.717, 1.165) is 52.2 Å². The second-order valence-electron chi connectivity index (χ2n) is 18.9. The number of likely N-dealkylation sites (tertiary alicyclic amines) is 1. The predicted octanol–water partition coefficient (Wildman–Crippen LogP) is 9.27. The number of nitrogens with one attached hydrogen (secondary N) is 4. The molecule has 5 atom stereocenters. The van der Waals surface area contributed by atoms with Crippen LogP contribution in [0.2, 0.25) is 0 Å². The van der Waals surface area contributed by atoms with Crippen LogP contribution in [0.3, 0.4) is 0 Å². The molecule has 0 radical (unpaired) electrons. The minimum absolute atomic E-state index is 0.0414. The van der Waals surface area contributed by atoms with Crippen LogP contribution in [-0.4, -0.2) is 111 Å². The monoisotopic (exact) mass is 961 g/mol. The number of fused-ring (bicyclic) bond motifs is 5. The molecule has 1 saturated carbocycles. The number of alkyl carbamates (subject to hydrolysis) is 2. The smallest absolute Gasteiger partial charge is 0.407 e. The second-order valence-corrected chi connectivity index (χ2v) is 20.0. The zero-order valence-corrected chi connectivity index (χ0v) is 40.5. The molecule has 4 aromatic heterocycles. The number of methoxy groups -OCH3 is 2. The standard InChI is InChI=1S/C51H60FN9O7S/c1-6-16-60(48(62)46(58-51(64)66-5)34-19-28(2)67-29(3)20-34)27-44-54-25-36(56-44)31-11-12-38-33(21-31)23-40-45-35(52)22-32(24-41(45)68-49(61(38)40)43-14-13-42(69-43)30-9-10-30)37-26-55-47(57-37)39-8-7-17-59(39)18-15-53-50(63)65-4/h11-14,21-26,28-30,34,39,46,49H,6-10,15-20,27H2,1-5H3,(H,53,63)(H,54,56)(H,55,57)(H,58,64). The minimum Gasteiger partial charge on any atom is -0.464 e. The molecule has 69 heavy (non-hydrogen) atoms. The maximum atomic E-state index is 16.9. The quantitative estimate of drug-likeness (QED) is 0.0775. The summed E-state index contributed by atoms with van der Waals surface area (Å²) in [5, 5.41) is 6.51. The summed E-state index contributed by atoms with van der Waals surface area (Å²) in [5.74, 6) is 1.72. The molecule has 2 saturated heterocycles. The zero-order chi connectivity index (χ0) is 47.9. The van der Waals surface area contributed by atoms with Gasteiger partial charge in [-0.2, -0.15) is 0 Å². The largest absolute Gasteiger partial charge is 0.464 e. The van der Waals surface area contributed by atoms with Crippen molar-refractivity contribution < 1.29 is 37.7 Å². The summed E-state index contributed by atoms with van der Waals surface area (Å²) in [4.78, 5) is 61.4. The van der Waals surface area contributed by atoms with Gasteiger partial charge in [0.2, 0.25) is 12.1 Å². The molecule has 16 nitrogen and oxygen atoms in total. The molecule has 0 bridgehead atoms. The summed E-state index contributed by atoms with van der Waals surface area (Å²) < 4.78 is 41.5. The number of hydrogen-bond acceptors (Lipinski definition) is 11. The Kier molecular flexibility index (Phi) is 13.2. The number of nitrogens with zero attached hydrogens (tertiary/aromatic N) is 5. The lowest BCUT2D eigenvalue weighted by Crippen LogP contribution is -2.54. The number of hydrogen-bond donors (Lipinski definition) is 4. The highest BCUT2D eigenvalue weighted by atomic mass is 32.1. The van der Waals surface area contributed by atoms with E-state index in [1.807, 2.05) is 45.0 Å². The van der Waals surface area contributed by atoms with Gasteiger partial charge >= 0.3 is 12.2 Å². The Morgan fingerprint density at radius 2 is 1.71 bits per heavy atom. The number of ether oxygens (including phenoxy) is 4. The van der Waals surface area contributed by atoms with E-state index in [1.54, 1.807) is 34.7 Å². The van der Waals surface area contributed by atoms with Gasteiger partial charge in [-0.15, -0.1) is 11.3 Å². The van der Waals surface area contributed by atoms with E-state index in [-0.39, 0.29) is 36.6 Å².